The second-order valence-corrected chi connectivity index (χ2v) is 8.15. The number of nitrogens with one attached hydrogen (secondary N) is 2. The Morgan fingerprint density at radius 2 is 2.07 bits per heavy atom. The van der Waals surface area contributed by atoms with Crippen LogP contribution >= 0.6 is 11.3 Å². The number of methoxy groups -OCH3 is 1. The van der Waals surface area contributed by atoms with E-state index in [9.17, 15) is 0 Å². The molecule has 2 atom stereocenters. The Labute approximate surface area is 171 Å². The summed E-state index contributed by atoms with van der Waals surface area (Å²) in [4.78, 5) is 4.63. The van der Waals surface area contributed by atoms with Crippen molar-refractivity contribution in [2.45, 2.75) is 38.4 Å². The summed E-state index contributed by atoms with van der Waals surface area (Å²) in [5, 5.41) is 10.6. The lowest BCUT2D eigenvalue weighted by molar-refractivity contribution is 0.303. The molecule has 0 radical (unpaired) electrons. The van der Waals surface area contributed by atoms with Crippen molar-refractivity contribution in [1.82, 2.24) is 15.6 Å². The lowest BCUT2D eigenvalue weighted by Gasteiger charge is -2.34. The minimum atomic E-state index is 0.339. The summed E-state index contributed by atoms with van der Waals surface area (Å²) in [5.74, 6) is 0.921. The van der Waals surface area contributed by atoms with Gasteiger partial charge in [0.25, 0.3) is 0 Å². The van der Waals surface area contributed by atoms with Gasteiger partial charge in [-0.2, -0.15) is 0 Å². The summed E-state index contributed by atoms with van der Waals surface area (Å²) < 4.78 is 5.62. The molecule has 1 saturated heterocycles. The average molecular weight is 394 g/mol. The third kappa shape index (κ3) is 4.27. The number of aromatic nitrogens is 1. The van der Waals surface area contributed by atoms with Crippen molar-refractivity contribution < 1.29 is 4.74 Å². The molecule has 0 unspecified atom stereocenters. The number of benzene rings is 2. The maximum absolute atomic E-state index is 5.62. The summed E-state index contributed by atoms with van der Waals surface area (Å²) in [6.07, 6.45) is 2.36. The lowest BCUT2D eigenvalue weighted by atomic mass is 9.92. The molecule has 1 aliphatic heterocycles. The van der Waals surface area contributed by atoms with Crippen LogP contribution < -0.4 is 15.4 Å². The van der Waals surface area contributed by atoms with Crippen molar-refractivity contribution in [3.63, 3.8) is 0 Å². The average Bonchev–Trinajstić information content (AvgIpc) is 3.19. The van der Waals surface area contributed by atoms with Gasteiger partial charge < -0.3 is 15.4 Å². The molecule has 0 bridgehead atoms. The van der Waals surface area contributed by atoms with E-state index in [2.05, 4.69) is 69.5 Å². The van der Waals surface area contributed by atoms with Gasteiger partial charge in [-0.25, -0.2) is 4.98 Å². The summed E-state index contributed by atoms with van der Waals surface area (Å²) in [6, 6.07) is 17.8. The number of rotatable bonds is 6. The number of hydrogen-bond acceptors (Lipinski definition) is 5. The van der Waals surface area contributed by atoms with Gasteiger partial charge in [0.15, 0.2) is 0 Å². The molecule has 3 aromatic rings. The number of thiazole rings is 1. The van der Waals surface area contributed by atoms with Gasteiger partial charge in [0, 0.05) is 40.8 Å². The van der Waals surface area contributed by atoms with Gasteiger partial charge in [0.2, 0.25) is 0 Å². The normalized spacial score (nSPS) is 19.5. The molecule has 28 heavy (non-hydrogen) atoms. The molecule has 0 amide bonds. The molecule has 4 rings (SSSR count). The summed E-state index contributed by atoms with van der Waals surface area (Å²) in [6.45, 7) is 3.88. The van der Waals surface area contributed by atoms with Gasteiger partial charge in [-0.3, -0.25) is 0 Å². The zero-order valence-corrected chi connectivity index (χ0v) is 17.3. The first-order valence-electron chi connectivity index (χ1n) is 9.86. The third-order valence-corrected chi connectivity index (χ3v) is 6.33. The van der Waals surface area contributed by atoms with Crippen LogP contribution in [0.15, 0.2) is 53.9 Å². The molecule has 2 N–H and O–H groups in total. The zero-order chi connectivity index (χ0) is 19.3. The van der Waals surface area contributed by atoms with Crippen LogP contribution in [0.2, 0.25) is 0 Å². The Balaban J connectivity index is 1.53. The summed E-state index contributed by atoms with van der Waals surface area (Å²) in [5.41, 5.74) is 4.73. The van der Waals surface area contributed by atoms with E-state index in [-0.39, 0.29) is 0 Å². The van der Waals surface area contributed by atoms with Gasteiger partial charge >= 0.3 is 0 Å². The van der Waals surface area contributed by atoms with E-state index in [1.807, 2.05) is 6.92 Å². The summed E-state index contributed by atoms with van der Waals surface area (Å²) >= 11 is 1.69. The second-order valence-electron chi connectivity index (χ2n) is 7.29. The standard InChI is InChI=1S/C23H27N3OS/c1-16-15-28-23(26-16)18-10-11-21(27-2)19(13-18)14-25-20-9-6-12-24-22(20)17-7-4-3-5-8-17/h3-5,7-8,10-11,13,15,20,22,24-25H,6,9,12,14H2,1-2H3/t20-,22-/m0/s1. The Hall–Kier alpha value is -2.21. The molecular formula is C23H27N3OS. The van der Waals surface area contributed by atoms with E-state index in [4.69, 9.17) is 4.74 Å². The van der Waals surface area contributed by atoms with Gasteiger partial charge in [-0.15, -0.1) is 11.3 Å². The SMILES string of the molecule is COc1ccc(-c2nc(C)cs2)cc1CN[C@H]1CCCN[C@H]1c1ccccc1. The zero-order valence-electron chi connectivity index (χ0n) is 16.4. The number of nitrogens with zero attached hydrogens (tertiary/aromatic N) is 1. The molecule has 5 heteroatoms. The number of aryl methyl sites for hydroxylation is 1. The first-order valence-corrected chi connectivity index (χ1v) is 10.7. The van der Waals surface area contributed by atoms with Gasteiger partial charge in [-0.1, -0.05) is 30.3 Å². The van der Waals surface area contributed by atoms with Crippen molar-refractivity contribution in [3.8, 4) is 16.3 Å². The minimum absolute atomic E-state index is 0.339. The summed E-state index contributed by atoms with van der Waals surface area (Å²) in [7, 11) is 1.74. The van der Waals surface area contributed by atoms with Crippen molar-refractivity contribution >= 4 is 11.3 Å². The van der Waals surface area contributed by atoms with Gasteiger partial charge in [-0.05, 0) is 50.1 Å². The van der Waals surface area contributed by atoms with Crippen molar-refractivity contribution in [1.29, 1.82) is 0 Å². The van der Waals surface area contributed by atoms with Crippen LogP contribution in [0.5, 0.6) is 5.75 Å². The first-order chi connectivity index (χ1) is 13.7. The number of piperidine rings is 1. The molecule has 4 nitrogen and oxygen atoms in total. The maximum atomic E-state index is 5.62. The highest BCUT2D eigenvalue weighted by Crippen LogP contribution is 2.30. The molecule has 1 fully saturated rings. The van der Waals surface area contributed by atoms with E-state index in [0.29, 0.717) is 12.1 Å². The molecule has 1 aromatic heterocycles. The first kappa shape index (κ1) is 19.1. The second kappa shape index (κ2) is 8.86. The Bertz CT molecular complexity index is 909. The van der Waals surface area contributed by atoms with Crippen LogP contribution in [0.4, 0.5) is 0 Å². The highest BCUT2D eigenvalue weighted by atomic mass is 32.1. The topological polar surface area (TPSA) is 46.2 Å². The molecule has 0 spiro atoms. The van der Waals surface area contributed by atoms with Crippen LogP contribution in [-0.2, 0) is 6.54 Å². The fraction of sp³-hybridized carbons (Fsp3) is 0.348. The Kier molecular flexibility index (Phi) is 6.05. The largest absolute Gasteiger partial charge is 0.496 e. The van der Waals surface area contributed by atoms with E-state index < -0.39 is 0 Å². The molecule has 146 valence electrons. The monoisotopic (exact) mass is 393 g/mol. The van der Waals surface area contributed by atoms with Gasteiger partial charge in [0.05, 0.1) is 7.11 Å². The van der Waals surface area contributed by atoms with Crippen molar-refractivity contribution in [2.75, 3.05) is 13.7 Å². The lowest BCUT2D eigenvalue weighted by Crippen LogP contribution is -2.45. The Morgan fingerprint density at radius 3 is 2.82 bits per heavy atom. The highest BCUT2D eigenvalue weighted by Gasteiger charge is 2.25. The third-order valence-electron chi connectivity index (χ3n) is 5.32. The van der Waals surface area contributed by atoms with Crippen LogP contribution in [0.25, 0.3) is 10.6 Å². The smallest absolute Gasteiger partial charge is 0.123 e. The van der Waals surface area contributed by atoms with Crippen LogP contribution in [-0.4, -0.2) is 24.7 Å². The molecule has 1 aliphatic rings. The molecule has 2 aromatic carbocycles. The fourth-order valence-electron chi connectivity index (χ4n) is 3.90. The van der Waals surface area contributed by atoms with Crippen molar-refractivity contribution in [2.24, 2.45) is 0 Å². The molecular weight excluding hydrogens is 366 g/mol. The highest BCUT2D eigenvalue weighted by molar-refractivity contribution is 7.13. The molecule has 0 saturated carbocycles. The maximum Gasteiger partial charge on any atom is 0.123 e. The molecule has 2 heterocycles. The molecule has 0 aliphatic carbocycles. The van der Waals surface area contributed by atoms with Crippen LogP contribution in [0, 0.1) is 6.92 Å². The number of hydrogen-bond donors (Lipinski definition) is 2. The van der Waals surface area contributed by atoms with Crippen molar-refractivity contribution in [3.05, 3.63) is 70.7 Å². The van der Waals surface area contributed by atoms with E-state index in [1.54, 1.807) is 18.4 Å². The Morgan fingerprint density at radius 1 is 1.21 bits per heavy atom. The van der Waals surface area contributed by atoms with E-state index >= 15 is 0 Å². The fourth-order valence-corrected chi connectivity index (χ4v) is 4.69. The van der Waals surface area contributed by atoms with Gasteiger partial charge in [0.1, 0.15) is 10.8 Å². The predicted octanol–water partition coefficient (Wildman–Crippen LogP) is 4.71. The predicted molar refractivity (Wildman–Crippen MR) is 116 cm³/mol. The quantitative estimate of drug-likeness (QED) is 0.637. The van der Waals surface area contributed by atoms with E-state index in [0.717, 1.165) is 35.1 Å². The van der Waals surface area contributed by atoms with Crippen LogP contribution in [0.1, 0.15) is 35.7 Å². The minimum Gasteiger partial charge on any atom is -0.496 e. The number of ether oxygens (including phenoxy) is 1. The van der Waals surface area contributed by atoms with E-state index in [1.165, 1.54) is 24.0 Å². The van der Waals surface area contributed by atoms with Crippen LogP contribution in [0.3, 0.4) is 0 Å².